The Morgan fingerprint density at radius 1 is 1.14 bits per heavy atom. The summed E-state index contributed by atoms with van der Waals surface area (Å²) in [4.78, 5) is 23.6. The summed E-state index contributed by atoms with van der Waals surface area (Å²) in [6, 6.07) is 10.2. The molecular weight excluding hydrogens is 334 g/mol. The number of anilines is 1. The quantitative estimate of drug-likeness (QED) is 0.881. The maximum absolute atomic E-state index is 12.3. The van der Waals surface area contributed by atoms with E-state index in [1.807, 2.05) is 13.0 Å². The van der Waals surface area contributed by atoms with Crippen molar-refractivity contribution in [3.05, 3.63) is 63.1 Å². The van der Waals surface area contributed by atoms with Crippen molar-refractivity contribution in [1.82, 2.24) is 0 Å². The maximum atomic E-state index is 12.3. The number of carbonyl (C=O) groups excluding carboxylic acids is 1. The van der Waals surface area contributed by atoms with Crippen LogP contribution in [0.3, 0.4) is 0 Å². The molecule has 0 aliphatic heterocycles. The SMILES string of the molecule is Cc1cc(Br)cc(C(=O)Nc2c(C)cccc2C(=O)O)c1. The molecule has 0 fully saturated rings. The summed E-state index contributed by atoms with van der Waals surface area (Å²) < 4.78 is 0.802. The Morgan fingerprint density at radius 3 is 2.48 bits per heavy atom. The first kappa shape index (κ1) is 15.3. The Labute approximate surface area is 130 Å². The van der Waals surface area contributed by atoms with Gasteiger partial charge in [-0.1, -0.05) is 28.1 Å². The topological polar surface area (TPSA) is 66.4 Å². The zero-order chi connectivity index (χ0) is 15.6. The van der Waals surface area contributed by atoms with Gasteiger partial charge in [-0.15, -0.1) is 0 Å². The molecule has 2 N–H and O–H groups in total. The molecule has 2 rings (SSSR count). The van der Waals surface area contributed by atoms with Gasteiger partial charge in [0.25, 0.3) is 5.91 Å². The molecule has 0 bridgehead atoms. The van der Waals surface area contributed by atoms with Crippen molar-refractivity contribution in [2.45, 2.75) is 13.8 Å². The number of aromatic carboxylic acids is 1. The number of nitrogens with one attached hydrogen (secondary N) is 1. The first-order valence-electron chi connectivity index (χ1n) is 6.30. The fourth-order valence-electron chi connectivity index (χ4n) is 2.07. The van der Waals surface area contributed by atoms with Gasteiger partial charge in [-0.3, -0.25) is 4.79 Å². The third-order valence-corrected chi connectivity index (χ3v) is 3.50. The number of halogens is 1. The summed E-state index contributed by atoms with van der Waals surface area (Å²) in [7, 11) is 0. The van der Waals surface area contributed by atoms with Crippen LogP contribution in [-0.4, -0.2) is 17.0 Å². The molecule has 2 aromatic rings. The number of carboxylic acids is 1. The first-order valence-corrected chi connectivity index (χ1v) is 7.09. The highest BCUT2D eigenvalue weighted by Gasteiger charge is 2.15. The monoisotopic (exact) mass is 347 g/mol. The largest absolute Gasteiger partial charge is 0.478 e. The van der Waals surface area contributed by atoms with Crippen LogP contribution >= 0.6 is 15.9 Å². The van der Waals surface area contributed by atoms with E-state index in [2.05, 4.69) is 21.2 Å². The minimum Gasteiger partial charge on any atom is -0.478 e. The number of hydrogen-bond acceptors (Lipinski definition) is 2. The Kier molecular flexibility index (Phi) is 4.43. The van der Waals surface area contributed by atoms with E-state index in [9.17, 15) is 14.7 Å². The predicted octanol–water partition coefficient (Wildman–Crippen LogP) is 4.02. The molecule has 5 heteroatoms. The van der Waals surface area contributed by atoms with Crippen LogP contribution in [0.5, 0.6) is 0 Å². The highest BCUT2D eigenvalue weighted by Crippen LogP contribution is 2.22. The highest BCUT2D eigenvalue weighted by atomic mass is 79.9. The van der Waals surface area contributed by atoms with Crippen molar-refractivity contribution < 1.29 is 14.7 Å². The molecule has 2 aromatic carbocycles. The van der Waals surface area contributed by atoms with Crippen LogP contribution in [0.1, 0.15) is 31.8 Å². The number of benzene rings is 2. The fourth-order valence-corrected chi connectivity index (χ4v) is 2.67. The molecule has 0 saturated heterocycles. The summed E-state index contributed by atoms with van der Waals surface area (Å²) >= 11 is 3.34. The Hall–Kier alpha value is -2.14. The van der Waals surface area contributed by atoms with E-state index >= 15 is 0 Å². The Balaban J connectivity index is 2.38. The summed E-state index contributed by atoms with van der Waals surface area (Å²) in [6.07, 6.45) is 0. The second-order valence-corrected chi connectivity index (χ2v) is 5.69. The van der Waals surface area contributed by atoms with Gasteiger partial charge in [0, 0.05) is 10.0 Å². The van der Waals surface area contributed by atoms with Crippen molar-refractivity contribution in [2.24, 2.45) is 0 Å². The van der Waals surface area contributed by atoms with Crippen molar-refractivity contribution in [3.8, 4) is 0 Å². The minimum absolute atomic E-state index is 0.0788. The van der Waals surface area contributed by atoms with Gasteiger partial charge in [0.2, 0.25) is 0 Å². The van der Waals surface area contributed by atoms with Crippen LogP contribution in [0.2, 0.25) is 0 Å². The molecule has 0 unspecified atom stereocenters. The maximum Gasteiger partial charge on any atom is 0.337 e. The molecule has 0 radical (unpaired) electrons. The Morgan fingerprint density at radius 2 is 1.86 bits per heavy atom. The number of carboxylic acid groups (broad SMARTS) is 1. The standard InChI is InChI=1S/C16H14BrNO3/c1-9-6-11(8-12(17)7-9)15(19)18-14-10(2)4-3-5-13(14)16(20)21/h3-8H,1-2H3,(H,18,19)(H,20,21). The van der Waals surface area contributed by atoms with E-state index in [1.54, 1.807) is 31.2 Å². The van der Waals surface area contributed by atoms with Crippen LogP contribution in [0, 0.1) is 13.8 Å². The lowest BCUT2D eigenvalue weighted by atomic mass is 10.1. The number of para-hydroxylation sites is 1. The summed E-state index contributed by atoms with van der Waals surface area (Å²) in [5, 5.41) is 11.9. The fraction of sp³-hybridized carbons (Fsp3) is 0.125. The van der Waals surface area contributed by atoms with Crippen molar-refractivity contribution >= 4 is 33.5 Å². The van der Waals surface area contributed by atoms with Gasteiger partial charge < -0.3 is 10.4 Å². The minimum atomic E-state index is -1.07. The predicted molar refractivity (Wildman–Crippen MR) is 85.0 cm³/mol. The third-order valence-electron chi connectivity index (χ3n) is 3.05. The van der Waals surface area contributed by atoms with Crippen LogP contribution in [0.15, 0.2) is 40.9 Å². The van der Waals surface area contributed by atoms with Gasteiger partial charge in [0.1, 0.15) is 0 Å². The van der Waals surface area contributed by atoms with Crippen molar-refractivity contribution in [3.63, 3.8) is 0 Å². The molecule has 0 aliphatic carbocycles. The molecule has 0 aromatic heterocycles. The van der Waals surface area contributed by atoms with Gasteiger partial charge in [-0.05, 0) is 49.2 Å². The van der Waals surface area contributed by atoms with E-state index in [1.165, 1.54) is 6.07 Å². The molecule has 0 aliphatic rings. The molecular formula is C16H14BrNO3. The lowest BCUT2D eigenvalue weighted by Gasteiger charge is -2.12. The molecule has 4 nitrogen and oxygen atoms in total. The van der Waals surface area contributed by atoms with Crippen molar-refractivity contribution in [2.75, 3.05) is 5.32 Å². The highest BCUT2D eigenvalue weighted by molar-refractivity contribution is 9.10. The van der Waals surface area contributed by atoms with Gasteiger partial charge in [0.15, 0.2) is 0 Å². The number of hydrogen-bond donors (Lipinski definition) is 2. The van der Waals surface area contributed by atoms with Crippen LogP contribution < -0.4 is 5.32 Å². The molecule has 0 saturated carbocycles. The van der Waals surface area contributed by atoms with E-state index in [-0.39, 0.29) is 11.5 Å². The normalized spacial score (nSPS) is 10.2. The second-order valence-electron chi connectivity index (χ2n) is 4.77. The van der Waals surface area contributed by atoms with Gasteiger partial charge in [-0.2, -0.15) is 0 Å². The number of rotatable bonds is 3. The zero-order valence-corrected chi connectivity index (χ0v) is 13.2. The smallest absolute Gasteiger partial charge is 0.337 e. The van der Waals surface area contributed by atoms with E-state index in [0.29, 0.717) is 16.8 Å². The lowest BCUT2D eigenvalue weighted by molar-refractivity contribution is 0.0698. The van der Waals surface area contributed by atoms with Crippen LogP contribution in [-0.2, 0) is 0 Å². The zero-order valence-electron chi connectivity index (χ0n) is 11.6. The number of amides is 1. The lowest BCUT2D eigenvalue weighted by Crippen LogP contribution is -2.16. The van der Waals surface area contributed by atoms with E-state index in [0.717, 1.165) is 10.0 Å². The summed E-state index contributed by atoms with van der Waals surface area (Å²) in [6.45, 7) is 3.65. The van der Waals surface area contributed by atoms with Gasteiger partial charge in [-0.25, -0.2) is 4.79 Å². The molecule has 21 heavy (non-hydrogen) atoms. The average Bonchev–Trinajstić information content (AvgIpc) is 2.39. The van der Waals surface area contributed by atoms with Gasteiger partial charge in [0.05, 0.1) is 11.3 Å². The average molecular weight is 348 g/mol. The summed E-state index contributed by atoms with van der Waals surface area (Å²) in [5.74, 6) is -1.41. The molecule has 0 atom stereocenters. The molecule has 1 amide bonds. The summed E-state index contributed by atoms with van der Waals surface area (Å²) in [5.41, 5.74) is 2.52. The Bertz CT molecular complexity index is 705. The van der Waals surface area contributed by atoms with Crippen molar-refractivity contribution in [1.29, 1.82) is 0 Å². The van der Waals surface area contributed by atoms with Crippen LogP contribution in [0.4, 0.5) is 5.69 Å². The molecule has 0 heterocycles. The second kappa shape index (κ2) is 6.10. The molecule has 108 valence electrons. The number of aryl methyl sites for hydroxylation is 2. The van der Waals surface area contributed by atoms with E-state index < -0.39 is 5.97 Å². The number of carbonyl (C=O) groups is 2. The molecule has 0 spiro atoms. The first-order chi connectivity index (χ1) is 9.88. The third kappa shape index (κ3) is 3.49. The van der Waals surface area contributed by atoms with Gasteiger partial charge >= 0.3 is 5.97 Å². The van der Waals surface area contributed by atoms with Crippen LogP contribution in [0.25, 0.3) is 0 Å². The van der Waals surface area contributed by atoms with E-state index in [4.69, 9.17) is 0 Å².